The van der Waals surface area contributed by atoms with Gasteiger partial charge in [0, 0.05) is 6.42 Å². The van der Waals surface area contributed by atoms with Crippen molar-refractivity contribution in [3.05, 3.63) is 24.3 Å². The van der Waals surface area contributed by atoms with Crippen LogP contribution in [0, 0.1) is 0 Å². The largest absolute Gasteiger partial charge is 0.441 e. The zero-order valence-electron chi connectivity index (χ0n) is 13.6. The molecule has 0 saturated carbocycles. The Kier molecular flexibility index (Phi) is 4.77. The van der Waals surface area contributed by atoms with E-state index in [0.717, 1.165) is 25.7 Å². The second-order valence-corrected chi connectivity index (χ2v) is 6.87. The van der Waals surface area contributed by atoms with Crippen molar-refractivity contribution in [2.75, 3.05) is 6.61 Å². The van der Waals surface area contributed by atoms with E-state index >= 15 is 0 Å². The van der Waals surface area contributed by atoms with E-state index in [4.69, 9.17) is 9.47 Å². The zero-order valence-corrected chi connectivity index (χ0v) is 13.6. The number of ether oxygens (including phenoxy) is 2. The summed E-state index contributed by atoms with van der Waals surface area (Å²) < 4.78 is 11.4. The molecule has 1 fully saturated rings. The molecule has 0 aromatic carbocycles. The fraction of sp³-hybridized carbons (Fsp3) is 0.706. The number of hydrogen-bond donors (Lipinski definition) is 0. The van der Waals surface area contributed by atoms with Crippen molar-refractivity contribution >= 4 is 6.09 Å². The van der Waals surface area contributed by atoms with Crippen molar-refractivity contribution in [3.63, 3.8) is 0 Å². The Morgan fingerprint density at radius 2 is 1.90 bits per heavy atom. The first kappa shape index (κ1) is 16.1. The van der Waals surface area contributed by atoms with Crippen LogP contribution < -0.4 is 0 Å². The van der Waals surface area contributed by atoms with Crippen molar-refractivity contribution in [2.24, 2.45) is 0 Å². The molecule has 1 aliphatic heterocycles. The van der Waals surface area contributed by atoms with Crippen LogP contribution in [0.2, 0.25) is 0 Å². The summed E-state index contributed by atoms with van der Waals surface area (Å²) in [5.41, 5.74) is -0.975. The lowest BCUT2D eigenvalue weighted by Crippen LogP contribution is -2.53. The predicted octanol–water partition coefficient (Wildman–Crippen LogP) is 4.02. The van der Waals surface area contributed by atoms with E-state index in [-0.39, 0.29) is 17.7 Å². The van der Waals surface area contributed by atoms with E-state index in [1.165, 1.54) is 0 Å². The van der Waals surface area contributed by atoms with Gasteiger partial charge in [-0.1, -0.05) is 18.2 Å². The minimum atomic E-state index is -0.626. The van der Waals surface area contributed by atoms with Crippen LogP contribution in [0.4, 0.5) is 4.79 Å². The molecule has 0 radical (unpaired) electrons. The molecular weight excluding hydrogens is 266 g/mol. The van der Waals surface area contributed by atoms with Gasteiger partial charge < -0.3 is 9.47 Å². The number of rotatable bonds is 1. The molecule has 0 aromatic heterocycles. The Balaban J connectivity index is 2.07. The summed E-state index contributed by atoms with van der Waals surface area (Å²) in [6.45, 7) is 8.34. The molecule has 0 bridgehead atoms. The van der Waals surface area contributed by atoms with Crippen LogP contribution in [-0.4, -0.2) is 35.0 Å². The Morgan fingerprint density at radius 1 is 1.19 bits per heavy atom. The van der Waals surface area contributed by atoms with Crippen LogP contribution in [0.5, 0.6) is 0 Å². The molecule has 0 unspecified atom stereocenters. The topological polar surface area (TPSA) is 38.8 Å². The number of allylic oxidation sites excluding steroid dienone is 2. The van der Waals surface area contributed by atoms with Gasteiger partial charge in [0.25, 0.3) is 0 Å². The van der Waals surface area contributed by atoms with Crippen molar-refractivity contribution < 1.29 is 14.3 Å². The van der Waals surface area contributed by atoms with Crippen molar-refractivity contribution in [1.29, 1.82) is 0 Å². The first-order valence-corrected chi connectivity index (χ1v) is 7.79. The van der Waals surface area contributed by atoms with Crippen LogP contribution in [0.15, 0.2) is 24.3 Å². The lowest BCUT2D eigenvalue weighted by molar-refractivity contribution is -0.0552. The third-order valence-corrected chi connectivity index (χ3v) is 3.98. The van der Waals surface area contributed by atoms with Gasteiger partial charge >= 0.3 is 6.09 Å². The van der Waals surface area contributed by atoms with Gasteiger partial charge in [-0.3, -0.25) is 4.90 Å². The third kappa shape index (κ3) is 3.88. The molecule has 4 nitrogen and oxygen atoms in total. The molecule has 1 atom stereocenters. The summed E-state index contributed by atoms with van der Waals surface area (Å²) in [5, 5.41) is 0. The highest BCUT2D eigenvalue weighted by Gasteiger charge is 2.49. The van der Waals surface area contributed by atoms with Crippen LogP contribution >= 0.6 is 0 Å². The molecule has 2 rings (SSSR count). The molecule has 0 spiro atoms. The van der Waals surface area contributed by atoms with Crippen molar-refractivity contribution in [1.82, 2.24) is 4.90 Å². The highest BCUT2D eigenvalue weighted by Crippen LogP contribution is 2.35. The molecular formula is C17H27NO3. The molecule has 1 heterocycles. The van der Waals surface area contributed by atoms with E-state index in [9.17, 15) is 4.79 Å². The number of carbonyl (C=O) groups is 1. The standard InChI is InChI=1S/C17H27NO3/c1-16(2)13-20-17(3,4)18(16)15(19)21-14-11-9-7-5-6-8-10-12-14/h7,9-10,12,14H,5-6,8,11,13H2,1-4H3/b9-7+,12-10+/t14-/m1/s1. The van der Waals surface area contributed by atoms with Crippen LogP contribution in [0.1, 0.15) is 53.4 Å². The molecule has 1 aliphatic carbocycles. The van der Waals surface area contributed by atoms with E-state index in [0.29, 0.717) is 6.61 Å². The number of hydrogen-bond acceptors (Lipinski definition) is 3. The second-order valence-electron chi connectivity index (χ2n) is 6.87. The van der Waals surface area contributed by atoms with Crippen LogP contribution in [-0.2, 0) is 9.47 Å². The van der Waals surface area contributed by atoms with Gasteiger partial charge in [0.15, 0.2) is 0 Å². The predicted molar refractivity (Wildman–Crippen MR) is 83.0 cm³/mol. The highest BCUT2D eigenvalue weighted by molar-refractivity contribution is 5.70. The van der Waals surface area contributed by atoms with Crippen molar-refractivity contribution in [2.45, 2.75) is 70.7 Å². The van der Waals surface area contributed by atoms with E-state index in [1.807, 2.05) is 33.8 Å². The average molecular weight is 293 g/mol. The normalized spacial score (nSPS) is 30.9. The zero-order chi connectivity index (χ0) is 15.5. The second kappa shape index (κ2) is 6.22. The lowest BCUT2D eigenvalue weighted by atomic mass is 10.0. The van der Waals surface area contributed by atoms with E-state index in [2.05, 4.69) is 18.2 Å². The Hall–Kier alpha value is -1.29. The maximum Gasteiger partial charge on any atom is 0.413 e. The summed E-state index contributed by atoms with van der Waals surface area (Å²) in [6, 6.07) is 0. The molecule has 21 heavy (non-hydrogen) atoms. The molecule has 0 aromatic rings. The third-order valence-electron chi connectivity index (χ3n) is 3.98. The van der Waals surface area contributed by atoms with Gasteiger partial charge in [-0.15, -0.1) is 0 Å². The van der Waals surface area contributed by atoms with E-state index in [1.54, 1.807) is 4.90 Å². The summed E-state index contributed by atoms with van der Waals surface area (Å²) in [6.07, 6.45) is 11.9. The van der Waals surface area contributed by atoms with E-state index < -0.39 is 5.72 Å². The van der Waals surface area contributed by atoms with Crippen LogP contribution in [0.25, 0.3) is 0 Å². The number of carbonyl (C=O) groups excluding carboxylic acids is 1. The molecule has 1 saturated heterocycles. The SMILES string of the molecule is CC1(C)COC(C)(C)N1C(=O)O[C@H]1/C=C/CCC/C=C/C1. The minimum absolute atomic E-state index is 0.195. The monoisotopic (exact) mass is 293 g/mol. The smallest absolute Gasteiger partial charge is 0.413 e. The first-order chi connectivity index (χ1) is 9.83. The fourth-order valence-corrected chi connectivity index (χ4v) is 2.98. The molecule has 1 amide bonds. The van der Waals surface area contributed by atoms with Gasteiger partial charge in [0.05, 0.1) is 12.1 Å². The van der Waals surface area contributed by atoms with Gasteiger partial charge in [-0.25, -0.2) is 4.79 Å². The molecule has 118 valence electrons. The Labute approximate surface area is 127 Å². The first-order valence-electron chi connectivity index (χ1n) is 7.79. The summed E-state index contributed by atoms with van der Waals surface area (Å²) >= 11 is 0. The Morgan fingerprint density at radius 3 is 2.57 bits per heavy atom. The number of nitrogens with zero attached hydrogens (tertiary/aromatic N) is 1. The van der Waals surface area contributed by atoms with Crippen LogP contribution in [0.3, 0.4) is 0 Å². The van der Waals surface area contributed by atoms with Gasteiger partial charge in [0.1, 0.15) is 11.8 Å². The maximum absolute atomic E-state index is 12.6. The summed E-state index contributed by atoms with van der Waals surface area (Å²) in [4.78, 5) is 14.3. The molecule has 2 aliphatic rings. The summed E-state index contributed by atoms with van der Waals surface area (Å²) in [7, 11) is 0. The highest BCUT2D eigenvalue weighted by atomic mass is 16.6. The molecule has 4 heteroatoms. The minimum Gasteiger partial charge on any atom is -0.441 e. The van der Waals surface area contributed by atoms with Gasteiger partial charge in [-0.05, 0) is 53.0 Å². The fourth-order valence-electron chi connectivity index (χ4n) is 2.98. The van der Waals surface area contributed by atoms with Gasteiger partial charge in [0.2, 0.25) is 0 Å². The summed E-state index contributed by atoms with van der Waals surface area (Å²) in [5.74, 6) is 0. The Bertz CT molecular complexity index is 421. The number of amides is 1. The maximum atomic E-state index is 12.6. The quantitative estimate of drug-likeness (QED) is 0.685. The van der Waals surface area contributed by atoms with Crippen molar-refractivity contribution in [3.8, 4) is 0 Å². The molecule has 0 N–H and O–H groups in total. The van der Waals surface area contributed by atoms with Gasteiger partial charge in [-0.2, -0.15) is 0 Å². The lowest BCUT2D eigenvalue weighted by Gasteiger charge is -2.37. The average Bonchev–Trinajstić information content (AvgIpc) is 2.67.